The number of nitrogens with one attached hydrogen (secondary N) is 2. The van der Waals surface area contributed by atoms with Crippen LogP contribution in [0.1, 0.15) is 38.8 Å². The molecule has 1 rings (SSSR count). The van der Waals surface area contributed by atoms with Gasteiger partial charge in [-0.3, -0.25) is 0 Å². The van der Waals surface area contributed by atoms with Crippen molar-refractivity contribution in [3.63, 3.8) is 0 Å². The van der Waals surface area contributed by atoms with Gasteiger partial charge in [-0.2, -0.15) is 13.2 Å². The third-order valence-electron chi connectivity index (χ3n) is 4.75. The van der Waals surface area contributed by atoms with E-state index in [1.165, 1.54) is 13.0 Å². The third-order valence-corrected chi connectivity index (χ3v) is 4.75. The summed E-state index contributed by atoms with van der Waals surface area (Å²) < 4.78 is 38.9. The van der Waals surface area contributed by atoms with Gasteiger partial charge in [0.2, 0.25) is 0 Å². The van der Waals surface area contributed by atoms with Crippen molar-refractivity contribution in [3.05, 3.63) is 89.7 Å². The Balaban J connectivity index is 2.83. The van der Waals surface area contributed by atoms with E-state index in [0.29, 0.717) is 17.8 Å². The van der Waals surface area contributed by atoms with Gasteiger partial charge in [0.05, 0.1) is 5.57 Å². The normalized spacial score (nSPS) is 15.4. The number of hydrogen-bond donors (Lipinski definition) is 3. The summed E-state index contributed by atoms with van der Waals surface area (Å²) in [7, 11) is 0. The first-order valence-electron chi connectivity index (χ1n) is 9.82. The second-order valence-electron chi connectivity index (χ2n) is 7.07. The maximum atomic E-state index is 13.0. The van der Waals surface area contributed by atoms with Gasteiger partial charge in [0.1, 0.15) is 0 Å². The Kier molecular flexibility index (Phi) is 9.66. The number of rotatable bonds is 10. The molecule has 0 saturated carbocycles. The van der Waals surface area contributed by atoms with Crippen LogP contribution >= 0.6 is 0 Å². The minimum Gasteiger partial charge on any atom is -0.381 e. The Labute approximate surface area is 177 Å². The number of alkyl halides is 3. The molecule has 1 aromatic rings. The molecule has 0 aromatic heterocycles. The highest BCUT2D eigenvalue weighted by Gasteiger charge is 2.31. The van der Waals surface area contributed by atoms with Gasteiger partial charge in [0.25, 0.3) is 0 Å². The molecule has 2 unspecified atom stereocenters. The molecule has 0 fully saturated rings. The van der Waals surface area contributed by atoms with Crippen molar-refractivity contribution in [1.29, 1.82) is 0 Å². The maximum absolute atomic E-state index is 13.0. The van der Waals surface area contributed by atoms with Crippen molar-refractivity contribution in [1.82, 2.24) is 10.6 Å². The van der Waals surface area contributed by atoms with Crippen molar-refractivity contribution in [3.8, 4) is 0 Å². The molecule has 6 heteroatoms. The zero-order valence-corrected chi connectivity index (χ0v) is 18.1. The summed E-state index contributed by atoms with van der Waals surface area (Å²) in [4.78, 5) is 0. The Morgan fingerprint density at radius 2 is 1.73 bits per heavy atom. The van der Waals surface area contributed by atoms with Crippen LogP contribution in [0.25, 0.3) is 5.70 Å². The van der Waals surface area contributed by atoms with Gasteiger partial charge < -0.3 is 16.4 Å². The molecule has 0 aliphatic heterocycles. The molecule has 2 atom stereocenters. The van der Waals surface area contributed by atoms with Gasteiger partial charge in [0.15, 0.2) is 0 Å². The number of hydrogen-bond acceptors (Lipinski definition) is 3. The first kappa shape index (κ1) is 25.3. The maximum Gasteiger partial charge on any atom is 0.416 e. The zero-order valence-electron chi connectivity index (χ0n) is 18.1. The topological polar surface area (TPSA) is 50.1 Å². The van der Waals surface area contributed by atoms with Crippen molar-refractivity contribution >= 4 is 5.70 Å². The molecule has 0 amide bonds. The molecule has 164 valence electrons. The minimum absolute atomic E-state index is 0.0157. The lowest BCUT2D eigenvalue weighted by Crippen LogP contribution is -2.39. The van der Waals surface area contributed by atoms with Crippen LogP contribution in [0.2, 0.25) is 0 Å². The fourth-order valence-electron chi connectivity index (χ4n) is 2.59. The highest BCUT2D eigenvalue weighted by atomic mass is 19.4. The van der Waals surface area contributed by atoms with Crippen molar-refractivity contribution < 1.29 is 13.2 Å². The smallest absolute Gasteiger partial charge is 0.381 e. The lowest BCUT2D eigenvalue weighted by molar-refractivity contribution is -0.0883. The van der Waals surface area contributed by atoms with E-state index in [1.807, 2.05) is 51.1 Å². The summed E-state index contributed by atoms with van der Waals surface area (Å²) in [5, 5.41) is 6.47. The van der Waals surface area contributed by atoms with Gasteiger partial charge >= 0.3 is 6.18 Å². The van der Waals surface area contributed by atoms with E-state index in [-0.39, 0.29) is 12.1 Å². The summed E-state index contributed by atoms with van der Waals surface area (Å²) in [5.41, 5.74) is 8.85. The highest BCUT2D eigenvalue weighted by Crippen LogP contribution is 2.28. The number of nitrogens with two attached hydrogens (primary N) is 1. The summed E-state index contributed by atoms with van der Waals surface area (Å²) in [5.74, 6) is 0. The second kappa shape index (κ2) is 11.5. The summed E-state index contributed by atoms with van der Waals surface area (Å²) in [6, 6.07) is 8.04. The van der Waals surface area contributed by atoms with E-state index < -0.39 is 11.7 Å². The standard InChI is InChI=1S/C24H32F3N3/c1-7-20(14-22(8-2)24(25,26)27)18(6)29-15-19-10-12-21(13-11-19)23(9-3)30-17(5)16(4)28/h7-14,16-17,29-30H,1,6,15,28H2,2-5H3/b20-14-,22-8+,23-9-. The molecule has 0 spiro atoms. The van der Waals surface area contributed by atoms with Gasteiger partial charge in [-0.1, -0.05) is 55.7 Å². The Bertz CT molecular complexity index is 813. The molecule has 30 heavy (non-hydrogen) atoms. The average molecular weight is 420 g/mol. The predicted octanol–water partition coefficient (Wildman–Crippen LogP) is 5.60. The molecule has 3 nitrogen and oxygen atoms in total. The fourth-order valence-corrected chi connectivity index (χ4v) is 2.59. The van der Waals surface area contributed by atoms with Gasteiger partial charge in [-0.15, -0.1) is 0 Å². The molecule has 1 aromatic carbocycles. The van der Waals surface area contributed by atoms with E-state index in [4.69, 9.17) is 5.73 Å². The van der Waals surface area contributed by atoms with Crippen LogP contribution in [0, 0.1) is 0 Å². The van der Waals surface area contributed by atoms with Crippen LogP contribution < -0.4 is 16.4 Å². The molecule has 4 N–H and O–H groups in total. The van der Waals surface area contributed by atoms with E-state index in [2.05, 4.69) is 23.8 Å². The zero-order chi connectivity index (χ0) is 22.9. The van der Waals surface area contributed by atoms with E-state index in [9.17, 15) is 13.2 Å². The van der Waals surface area contributed by atoms with Crippen molar-refractivity contribution in [2.75, 3.05) is 0 Å². The Morgan fingerprint density at radius 1 is 1.13 bits per heavy atom. The lowest BCUT2D eigenvalue weighted by Gasteiger charge is -2.21. The van der Waals surface area contributed by atoms with E-state index in [0.717, 1.165) is 29.0 Å². The molecule has 0 saturated heterocycles. The number of benzene rings is 1. The first-order valence-corrected chi connectivity index (χ1v) is 9.82. The first-order chi connectivity index (χ1) is 14.0. The largest absolute Gasteiger partial charge is 0.416 e. The minimum atomic E-state index is -4.42. The van der Waals surface area contributed by atoms with E-state index in [1.54, 1.807) is 0 Å². The molecule has 0 heterocycles. The Hall–Kier alpha value is -2.73. The van der Waals surface area contributed by atoms with Gasteiger partial charge in [0, 0.05) is 30.0 Å². The average Bonchev–Trinajstić information content (AvgIpc) is 2.70. The van der Waals surface area contributed by atoms with Crippen molar-refractivity contribution in [2.24, 2.45) is 5.73 Å². The summed E-state index contributed by atoms with van der Waals surface area (Å²) in [6.07, 6.45) is 0.992. The lowest BCUT2D eigenvalue weighted by atomic mass is 10.1. The molecular formula is C24H32F3N3. The number of halogens is 3. The highest BCUT2D eigenvalue weighted by molar-refractivity contribution is 5.64. The molecule has 0 radical (unpaired) electrons. The molecule has 0 aliphatic rings. The van der Waals surface area contributed by atoms with E-state index >= 15 is 0 Å². The second-order valence-corrected chi connectivity index (χ2v) is 7.07. The van der Waals surface area contributed by atoms with Crippen LogP contribution in [0.3, 0.4) is 0 Å². The molecule has 0 aliphatic carbocycles. The molecule has 0 bridgehead atoms. The monoisotopic (exact) mass is 419 g/mol. The van der Waals surface area contributed by atoms with Crippen LogP contribution in [0.5, 0.6) is 0 Å². The van der Waals surface area contributed by atoms with Crippen molar-refractivity contribution in [2.45, 2.75) is 52.5 Å². The SMILES string of the molecule is C=C/C(=C/C(=C\C)C(F)(F)F)C(=C)NCc1ccc(/C(=C/C)NC(C)C(C)N)cc1. The fraction of sp³-hybridized carbons (Fsp3) is 0.333. The van der Waals surface area contributed by atoms with Crippen LogP contribution in [0.15, 0.2) is 78.6 Å². The van der Waals surface area contributed by atoms with Crippen LogP contribution in [-0.4, -0.2) is 18.3 Å². The van der Waals surface area contributed by atoms with Gasteiger partial charge in [-0.05, 0) is 50.5 Å². The van der Waals surface area contributed by atoms with Crippen LogP contribution in [-0.2, 0) is 6.54 Å². The summed E-state index contributed by atoms with van der Waals surface area (Å²) in [6.45, 7) is 15.2. The van der Waals surface area contributed by atoms with Gasteiger partial charge in [-0.25, -0.2) is 0 Å². The Morgan fingerprint density at radius 3 is 2.17 bits per heavy atom. The van der Waals surface area contributed by atoms with Crippen LogP contribution in [0.4, 0.5) is 13.2 Å². The number of allylic oxidation sites excluding steroid dienone is 5. The quantitative estimate of drug-likeness (QED) is 0.433. The predicted molar refractivity (Wildman–Crippen MR) is 120 cm³/mol. The molecular weight excluding hydrogens is 387 g/mol. The third kappa shape index (κ3) is 7.59. The summed E-state index contributed by atoms with van der Waals surface area (Å²) >= 11 is 0.